The van der Waals surface area contributed by atoms with Gasteiger partial charge in [0.15, 0.2) is 5.13 Å². The molecular formula is C17H17N3O5S. The van der Waals surface area contributed by atoms with Crippen LogP contribution < -0.4 is 5.32 Å². The van der Waals surface area contributed by atoms with E-state index in [9.17, 15) is 14.4 Å². The molecule has 0 atom stereocenters. The summed E-state index contributed by atoms with van der Waals surface area (Å²) in [6.07, 6.45) is 0.0374. The summed E-state index contributed by atoms with van der Waals surface area (Å²) in [7, 11) is 2.60. The van der Waals surface area contributed by atoms with E-state index in [0.29, 0.717) is 35.8 Å². The molecule has 26 heavy (non-hydrogen) atoms. The van der Waals surface area contributed by atoms with Gasteiger partial charge in [-0.2, -0.15) is 0 Å². The normalized spacial score (nSPS) is 12.9. The van der Waals surface area contributed by atoms with Crippen LogP contribution in [0.25, 0.3) is 0 Å². The average molecular weight is 375 g/mol. The molecule has 9 heteroatoms. The molecule has 0 fully saturated rings. The number of aromatic nitrogens is 1. The number of nitrogens with one attached hydrogen (secondary N) is 1. The van der Waals surface area contributed by atoms with E-state index in [1.165, 1.54) is 25.6 Å². The smallest absolute Gasteiger partial charge is 0.413 e. The van der Waals surface area contributed by atoms with E-state index in [-0.39, 0.29) is 5.91 Å². The minimum Gasteiger partial charge on any atom is -0.465 e. The monoisotopic (exact) mass is 375 g/mol. The van der Waals surface area contributed by atoms with E-state index in [2.05, 4.69) is 19.8 Å². The Labute approximate surface area is 153 Å². The summed E-state index contributed by atoms with van der Waals surface area (Å²) in [5.41, 5.74) is 1.77. The Morgan fingerprint density at radius 1 is 1.12 bits per heavy atom. The number of ether oxygens (including phenoxy) is 2. The average Bonchev–Trinajstić information content (AvgIpc) is 3.08. The summed E-state index contributed by atoms with van der Waals surface area (Å²) in [4.78, 5) is 42.5. The fraction of sp³-hybridized carbons (Fsp3) is 0.294. The van der Waals surface area contributed by atoms with E-state index in [1.54, 1.807) is 29.2 Å². The third-order valence-corrected chi connectivity index (χ3v) is 4.96. The Balaban J connectivity index is 1.70. The zero-order chi connectivity index (χ0) is 18.7. The molecule has 0 spiro atoms. The van der Waals surface area contributed by atoms with Crippen LogP contribution in [0, 0.1) is 0 Å². The van der Waals surface area contributed by atoms with Gasteiger partial charge in [-0.15, -0.1) is 0 Å². The van der Waals surface area contributed by atoms with Crippen molar-refractivity contribution in [1.82, 2.24) is 9.88 Å². The molecule has 0 radical (unpaired) electrons. The maximum atomic E-state index is 12.7. The number of rotatable bonds is 3. The van der Waals surface area contributed by atoms with Gasteiger partial charge < -0.3 is 14.4 Å². The van der Waals surface area contributed by atoms with Crippen molar-refractivity contribution in [2.75, 3.05) is 26.1 Å². The number of esters is 1. The van der Waals surface area contributed by atoms with Crippen LogP contribution >= 0.6 is 11.3 Å². The molecule has 0 saturated heterocycles. The van der Waals surface area contributed by atoms with Gasteiger partial charge in [-0.3, -0.25) is 10.1 Å². The maximum absolute atomic E-state index is 12.7. The summed E-state index contributed by atoms with van der Waals surface area (Å²) in [6, 6.07) is 6.36. The molecule has 2 aromatic rings. The molecule has 3 rings (SSSR count). The van der Waals surface area contributed by atoms with Crippen LogP contribution in [0.5, 0.6) is 0 Å². The van der Waals surface area contributed by atoms with Crippen molar-refractivity contribution in [1.29, 1.82) is 0 Å². The fourth-order valence-electron chi connectivity index (χ4n) is 2.61. The zero-order valence-electron chi connectivity index (χ0n) is 14.3. The zero-order valence-corrected chi connectivity index (χ0v) is 15.1. The van der Waals surface area contributed by atoms with Crippen LogP contribution in [0.15, 0.2) is 24.3 Å². The Hall–Kier alpha value is -2.94. The molecule has 0 saturated carbocycles. The molecule has 1 N–H and O–H groups in total. The lowest BCUT2D eigenvalue weighted by molar-refractivity contribution is 0.0599. The quantitative estimate of drug-likeness (QED) is 0.827. The van der Waals surface area contributed by atoms with Gasteiger partial charge in [0.05, 0.1) is 32.0 Å². The molecular weight excluding hydrogens is 358 g/mol. The lowest BCUT2D eigenvalue weighted by Crippen LogP contribution is -2.35. The fourth-order valence-corrected chi connectivity index (χ4v) is 3.62. The number of fused-ring (bicyclic) bond motifs is 1. The van der Waals surface area contributed by atoms with E-state index < -0.39 is 12.1 Å². The number of hydrogen-bond acceptors (Lipinski definition) is 7. The van der Waals surface area contributed by atoms with Crippen molar-refractivity contribution in [3.05, 3.63) is 46.0 Å². The van der Waals surface area contributed by atoms with Crippen LogP contribution in [0.2, 0.25) is 0 Å². The van der Waals surface area contributed by atoms with Crippen molar-refractivity contribution in [3.63, 3.8) is 0 Å². The van der Waals surface area contributed by atoms with Gasteiger partial charge in [-0.25, -0.2) is 14.6 Å². The molecule has 0 unspecified atom stereocenters. The molecule has 1 aliphatic rings. The molecule has 136 valence electrons. The Kier molecular flexibility index (Phi) is 5.17. The highest BCUT2D eigenvalue weighted by molar-refractivity contribution is 7.15. The molecule has 2 heterocycles. The number of carbonyl (C=O) groups is 3. The minimum atomic E-state index is -0.574. The number of thiazole rings is 1. The highest BCUT2D eigenvalue weighted by Gasteiger charge is 2.25. The van der Waals surface area contributed by atoms with E-state index in [4.69, 9.17) is 0 Å². The van der Waals surface area contributed by atoms with Crippen molar-refractivity contribution in [2.24, 2.45) is 0 Å². The van der Waals surface area contributed by atoms with Crippen molar-refractivity contribution in [2.45, 2.75) is 13.0 Å². The van der Waals surface area contributed by atoms with Crippen molar-refractivity contribution in [3.8, 4) is 0 Å². The molecule has 2 amide bonds. The molecule has 0 bridgehead atoms. The predicted molar refractivity (Wildman–Crippen MR) is 94.4 cm³/mol. The van der Waals surface area contributed by atoms with Crippen molar-refractivity contribution >= 4 is 34.4 Å². The van der Waals surface area contributed by atoms with Gasteiger partial charge in [0.1, 0.15) is 0 Å². The SMILES string of the molecule is COC(=O)Nc1nc2c(s1)CN(C(=O)c1ccc(C(=O)OC)cc1)CC2. The van der Waals surface area contributed by atoms with Crippen molar-refractivity contribution < 1.29 is 23.9 Å². The second-order valence-electron chi connectivity index (χ2n) is 5.55. The second-order valence-corrected chi connectivity index (χ2v) is 6.63. The van der Waals surface area contributed by atoms with E-state index in [0.717, 1.165) is 10.6 Å². The number of hydrogen-bond donors (Lipinski definition) is 1. The molecule has 0 aliphatic carbocycles. The van der Waals surface area contributed by atoms with Crippen LogP contribution in [-0.2, 0) is 22.4 Å². The number of amides is 2. The molecule has 1 aromatic heterocycles. The van der Waals surface area contributed by atoms with Gasteiger partial charge >= 0.3 is 12.1 Å². The number of anilines is 1. The van der Waals surface area contributed by atoms with E-state index in [1.807, 2.05) is 0 Å². The topological polar surface area (TPSA) is 97.8 Å². The second kappa shape index (κ2) is 7.52. The third kappa shape index (κ3) is 3.67. The van der Waals surface area contributed by atoms with Crippen LogP contribution in [-0.4, -0.2) is 48.6 Å². The first-order chi connectivity index (χ1) is 12.5. The highest BCUT2D eigenvalue weighted by Crippen LogP contribution is 2.29. The van der Waals surface area contributed by atoms with Gasteiger partial charge in [-0.1, -0.05) is 11.3 Å². The molecule has 1 aromatic carbocycles. The first kappa shape index (κ1) is 17.9. The lowest BCUT2D eigenvalue weighted by Gasteiger charge is -2.26. The van der Waals surface area contributed by atoms with E-state index >= 15 is 0 Å². The maximum Gasteiger partial charge on any atom is 0.413 e. The van der Waals surface area contributed by atoms with Crippen LogP contribution in [0.4, 0.5) is 9.93 Å². The predicted octanol–water partition coefficient (Wildman–Crippen LogP) is 2.31. The van der Waals surface area contributed by atoms with Crippen LogP contribution in [0.1, 0.15) is 31.3 Å². The Bertz CT molecular complexity index is 847. The number of methoxy groups -OCH3 is 2. The Morgan fingerprint density at radius 2 is 1.81 bits per heavy atom. The molecule has 1 aliphatic heterocycles. The summed E-state index contributed by atoms with van der Waals surface area (Å²) in [6.45, 7) is 0.958. The first-order valence-electron chi connectivity index (χ1n) is 7.83. The summed E-state index contributed by atoms with van der Waals surface area (Å²) >= 11 is 1.33. The van der Waals surface area contributed by atoms with Gasteiger partial charge in [-0.05, 0) is 24.3 Å². The number of nitrogens with zero attached hydrogens (tertiary/aromatic N) is 2. The number of benzene rings is 1. The standard InChI is InChI=1S/C17H17N3O5S/c1-24-15(22)11-5-3-10(4-6-11)14(21)20-8-7-12-13(9-20)26-16(18-12)19-17(23)25-2/h3-6H,7-9H2,1-2H3,(H,18,19,23). The minimum absolute atomic E-state index is 0.122. The highest BCUT2D eigenvalue weighted by atomic mass is 32.1. The number of carbonyl (C=O) groups excluding carboxylic acids is 3. The van der Waals surface area contributed by atoms with Gasteiger partial charge in [0.25, 0.3) is 5.91 Å². The Morgan fingerprint density at radius 3 is 2.46 bits per heavy atom. The largest absolute Gasteiger partial charge is 0.465 e. The van der Waals surface area contributed by atoms with Crippen LogP contribution in [0.3, 0.4) is 0 Å². The van der Waals surface area contributed by atoms with Gasteiger partial charge in [0.2, 0.25) is 0 Å². The summed E-state index contributed by atoms with van der Waals surface area (Å²) in [5.74, 6) is -0.565. The van der Waals surface area contributed by atoms with Gasteiger partial charge in [0, 0.05) is 23.4 Å². The summed E-state index contributed by atoms with van der Waals surface area (Å²) in [5, 5.41) is 3.00. The lowest BCUT2D eigenvalue weighted by atomic mass is 10.1. The third-order valence-electron chi connectivity index (χ3n) is 3.97. The molecule has 8 nitrogen and oxygen atoms in total. The summed E-state index contributed by atoms with van der Waals surface area (Å²) < 4.78 is 9.21. The first-order valence-corrected chi connectivity index (χ1v) is 8.64.